The molecule has 0 aromatic heterocycles. The van der Waals surface area contributed by atoms with E-state index in [4.69, 9.17) is 9.84 Å². The number of hydrogen-bond acceptors (Lipinski definition) is 3. The Morgan fingerprint density at radius 2 is 1.91 bits per heavy atom. The number of rotatable bonds is 4. The first-order valence-electron chi connectivity index (χ1n) is 7.48. The van der Waals surface area contributed by atoms with E-state index in [1.54, 1.807) is 0 Å². The molecule has 118 valence electrons. The number of carbonyl (C=O) groups excluding carboxylic acids is 1. The van der Waals surface area contributed by atoms with Crippen LogP contribution >= 0.6 is 0 Å². The highest BCUT2D eigenvalue weighted by Crippen LogP contribution is 2.45. The van der Waals surface area contributed by atoms with E-state index in [-0.39, 0.29) is 18.3 Å². The molecule has 1 atom stereocenters. The lowest BCUT2D eigenvalue weighted by molar-refractivity contribution is -0.189. The van der Waals surface area contributed by atoms with Crippen molar-refractivity contribution < 1.29 is 23.8 Å². The van der Waals surface area contributed by atoms with Crippen molar-refractivity contribution >= 4 is 11.9 Å². The summed E-state index contributed by atoms with van der Waals surface area (Å²) in [6.45, 7) is -0.290. The number of halogens is 1. The Labute approximate surface area is 127 Å². The van der Waals surface area contributed by atoms with Crippen molar-refractivity contribution in [2.24, 2.45) is 0 Å². The van der Waals surface area contributed by atoms with Gasteiger partial charge in [0.25, 0.3) is 5.91 Å². The predicted molar refractivity (Wildman–Crippen MR) is 76.0 cm³/mol. The van der Waals surface area contributed by atoms with Gasteiger partial charge in [-0.3, -0.25) is 9.59 Å². The molecular formula is C16H18FNO4. The zero-order chi connectivity index (χ0) is 15.7. The summed E-state index contributed by atoms with van der Waals surface area (Å²) < 4.78 is 18.7. The minimum absolute atomic E-state index is 0.290. The number of amides is 1. The van der Waals surface area contributed by atoms with E-state index in [0.717, 1.165) is 32.1 Å². The normalized spacial score (nSPS) is 23.2. The van der Waals surface area contributed by atoms with Gasteiger partial charge < -0.3 is 14.7 Å². The summed E-state index contributed by atoms with van der Waals surface area (Å²) in [4.78, 5) is 24.7. The molecule has 1 aromatic carbocycles. The lowest BCUT2D eigenvalue weighted by Crippen LogP contribution is -2.77. The molecule has 1 aliphatic carbocycles. The predicted octanol–water partition coefficient (Wildman–Crippen LogP) is 2.20. The van der Waals surface area contributed by atoms with Gasteiger partial charge in [0.05, 0.1) is 5.54 Å². The van der Waals surface area contributed by atoms with E-state index >= 15 is 0 Å². The molecule has 5 nitrogen and oxygen atoms in total. The van der Waals surface area contributed by atoms with Gasteiger partial charge in [-0.2, -0.15) is 0 Å². The molecule has 2 fully saturated rings. The Morgan fingerprint density at radius 1 is 1.27 bits per heavy atom. The van der Waals surface area contributed by atoms with Crippen LogP contribution in [0, 0.1) is 5.82 Å². The van der Waals surface area contributed by atoms with Gasteiger partial charge in [-0.25, -0.2) is 4.39 Å². The van der Waals surface area contributed by atoms with E-state index in [9.17, 15) is 14.0 Å². The number of hydrogen-bond donors (Lipinski definition) is 1. The summed E-state index contributed by atoms with van der Waals surface area (Å²) >= 11 is 0. The van der Waals surface area contributed by atoms with Gasteiger partial charge in [0, 0.05) is 0 Å². The molecule has 1 saturated carbocycles. The molecule has 0 bridgehead atoms. The maximum absolute atomic E-state index is 13.0. The second kappa shape index (κ2) is 5.59. The van der Waals surface area contributed by atoms with Crippen molar-refractivity contribution in [3.8, 4) is 5.75 Å². The summed E-state index contributed by atoms with van der Waals surface area (Å²) in [6, 6.07) is 5.53. The van der Waals surface area contributed by atoms with Gasteiger partial charge in [-0.05, 0) is 37.1 Å². The summed E-state index contributed by atoms with van der Waals surface area (Å²) in [6.07, 6.45) is 3.81. The molecule has 0 radical (unpaired) electrons. The van der Waals surface area contributed by atoms with Gasteiger partial charge in [-0.15, -0.1) is 0 Å². The zero-order valence-electron chi connectivity index (χ0n) is 12.1. The topological polar surface area (TPSA) is 66.8 Å². The fraction of sp³-hybridized carbons (Fsp3) is 0.500. The van der Waals surface area contributed by atoms with Crippen LogP contribution in [0.25, 0.3) is 0 Å². The SMILES string of the molecule is O=C(O)CN1C(=O)[C@@H](Oc2ccc(F)cc2)C12CCCCC2. The highest BCUT2D eigenvalue weighted by molar-refractivity contribution is 5.93. The van der Waals surface area contributed by atoms with Crippen LogP contribution in [0.5, 0.6) is 5.75 Å². The number of carbonyl (C=O) groups is 2. The van der Waals surface area contributed by atoms with Crippen molar-refractivity contribution in [3.05, 3.63) is 30.1 Å². The quantitative estimate of drug-likeness (QED) is 0.866. The fourth-order valence-corrected chi connectivity index (χ4v) is 3.54. The third-order valence-corrected chi connectivity index (χ3v) is 4.60. The third kappa shape index (κ3) is 2.42. The van der Waals surface area contributed by atoms with Gasteiger partial charge in [0.1, 0.15) is 18.1 Å². The molecule has 1 spiro atoms. The largest absolute Gasteiger partial charge is 0.480 e. The molecule has 1 aliphatic heterocycles. The summed E-state index contributed by atoms with van der Waals surface area (Å²) in [5, 5.41) is 9.01. The van der Waals surface area contributed by atoms with Crippen LogP contribution in [0.3, 0.4) is 0 Å². The molecule has 1 N–H and O–H groups in total. The number of β-lactam (4-membered cyclic amide) rings is 1. The summed E-state index contributed by atoms with van der Waals surface area (Å²) in [5.74, 6) is -1.25. The molecule has 0 unspecified atom stereocenters. The van der Waals surface area contributed by atoms with Crippen LogP contribution in [0.1, 0.15) is 32.1 Å². The Balaban J connectivity index is 1.81. The van der Waals surface area contributed by atoms with Gasteiger partial charge in [0.2, 0.25) is 0 Å². The highest BCUT2D eigenvalue weighted by atomic mass is 19.1. The Kier molecular flexibility index (Phi) is 3.76. The Hall–Kier alpha value is -2.11. The van der Waals surface area contributed by atoms with Crippen molar-refractivity contribution in [2.75, 3.05) is 6.54 Å². The van der Waals surface area contributed by atoms with Crippen LogP contribution in [-0.4, -0.2) is 40.1 Å². The van der Waals surface area contributed by atoms with Crippen LogP contribution < -0.4 is 4.74 Å². The van der Waals surface area contributed by atoms with Crippen LogP contribution in [0.2, 0.25) is 0 Å². The second-order valence-electron chi connectivity index (χ2n) is 5.93. The summed E-state index contributed by atoms with van der Waals surface area (Å²) in [7, 11) is 0. The van der Waals surface area contributed by atoms with Crippen molar-refractivity contribution in [1.82, 2.24) is 4.90 Å². The smallest absolute Gasteiger partial charge is 0.323 e. The monoisotopic (exact) mass is 307 g/mol. The van der Waals surface area contributed by atoms with Crippen molar-refractivity contribution in [2.45, 2.75) is 43.7 Å². The maximum atomic E-state index is 13.0. The Bertz CT molecular complexity index is 580. The summed E-state index contributed by atoms with van der Waals surface area (Å²) in [5.41, 5.74) is -0.526. The first kappa shape index (κ1) is 14.8. The molecule has 6 heteroatoms. The average molecular weight is 307 g/mol. The van der Waals surface area contributed by atoms with Crippen molar-refractivity contribution in [1.29, 1.82) is 0 Å². The van der Waals surface area contributed by atoms with E-state index in [1.165, 1.54) is 29.2 Å². The lowest BCUT2D eigenvalue weighted by Gasteiger charge is -2.58. The number of carboxylic acids is 1. The van der Waals surface area contributed by atoms with E-state index in [0.29, 0.717) is 5.75 Å². The van der Waals surface area contributed by atoms with Gasteiger partial charge in [-0.1, -0.05) is 19.3 Å². The molecule has 1 aromatic rings. The lowest BCUT2D eigenvalue weighted by atomic mass is 9.70. The van der Waals surface area contributed by atoms with Crippen molar-refractivity contribution in [3.63, 3.8) is 0 Å². The van der Waals surface area contributed by atoms with Crippen LogP contribution in [-0.2, 0) is 9.59 Å². The second-order valence-corrected chi connectivity index (χ2v) is 5.93. The minimum atomic E-state index is -1.02. The first-order valence-corrected chi connectivity index (χ1v) is 7.48. The van der Waals surface area contributed by atoms with Gasteiger partial charge >= 0.3 is 5.97 Å². The Morgan fingerprint density at radius 3 is 2.50 bits per heavy atom. The van der Waals surface area contributed by atoms with Crippen LogP contribution in [0.15, 0.2) is 24.3 Å². The average Bonchev–Trinajstić information content (AvgIpc) is 2.52. The minimum Gasteiger partial charge on any atom is -0.480 e. The molecule has 22 heavy (non-hydrogen) atoms. The molecule has 2 aliphatic rings. The molecule has 3 rings (SSSR count). The number of likely N-dealkylation sites (tertiary alicyclic amines) is 1. The van der Waals surface area contributed by atoms with Crippen LogP contribution in [0.4, 0.5) is 4.39 Å². The zero-order valence-corrected chi connectivity index (χ0v) is 12.1. The molecule has 1 heterocycles. The van der Waals surface area contributed by atoms with E-state index in [1.807, 2.05) is 0 Å². The maximum Gasteiger partial charge on any atom is 0.323 e. The van der Waals surface area contributed by atoms with E-state index in [2.05, 4.69) is 0 Å². The number of aliphatic carboxylic acids is 1. The third-order valence-electron chi connectivity index (χ3n) is 4.60. The standard InChI is InChI=1S/C16H18FNO4/c17-11-4-6-12(7-5-11)22-14-15(21)18(10-13(19)20)16(14)8-2-1-3-9-16/h4-7,14H,1-3,8-10H2,(H,19,20)/t14-/m1/s1. The molecule has 1 saturated heterocycles. The van der Waals surface area contributed by atoms with Gasteiger partial charge in [0.15, 0.2) is 6.10 Å². The van der Waals surface area contributed by atoms with E-state index < -0.39 is 17.6 Å². The molecular weight excluding hydrogens is 289 g/mol. The molecule has 1 amide bonds. The first-order chi connectivity index (χ1) is 10.5. The number of nitrogens with zero attached hydrogens (tertiary/aromatic N) is 1. The number of ether oxygens (including phenoxy) is 1. The fourth-order valence-electron chi connectivity index (χ4n) is 3.54. The number of carboxylic acid groups (broad SMARTS) is 1. The highest BCUT2D eigenvalue weighted by Gasteiger charge is 2.62. The number of benzene rings is 1.